The van der Waals surface area contributed by atoms with Gasteiger partial charge >= 0.3 is 0 Å². The molecule has 0 aromatic carbocycles. The van der Waals surface area contributed by atoms with Crippen LogP contribution in [0.1, 0.15) is 57.7 Å². The van der Waals surface area contributed by atoms with Crippen LogP contribution < -0.4 is 5.73 Å². The van der Waals surface area contributed by atoms with Crippen LogP contribution in [0.15, 0.2) is 4.52 Å². The summed E-state index contributed by atoms with van der Waals surface area (Å²) in [4.78, 5) is 4.46. The summed E-state index contributed by atoms with van der Waals surface area (Å²) >= 11 is 0. The van der Waals surface area contributed by atoms with E-state index in [4.69, 9.17) is 15.0 Å². The molecule has 2 N–H and O–H groups in total. The van der Waals surface area contributed by atoms with Crippen molar-refractivity contribution in [3.05, 3.63) is 11.7 Å². The zero-order valence-corrected chi connectivity index (χ0v) is 11.7. The molecule has 0 aliphatic rings. The van der Waals surface area contributed by atoms with Crippen molar-refractivity contribution in [2.24, 2.45) is 5.73 Å². The number of rotatable bonds is 9. The summed E-state index contributed by atoms with van der Waals surface area (Å²) in [5.74, 6) is 1.37. The third kappa shape index (κ3) is 3.53. The van der Waals surface area contributed by atoms with Crippen LogP contribution >= 0.6 is 0 Å². The number of unbranched alkanes of at least 4 members (excludes halogenated alkanes) is 2. The van der Waals surface area contributed by atoms with E-state index in [-0.39, 0.29) is 0 Å². The van der Waals surface area contributed by atoms with Crippen LogP contribution in [0.3, 0.4) is 0 Å². The van der Waals surface area contributed by atoms with Crippen molar-refractivity contribution in [1.29, 1.82) is 0 Å². The molecule has 0 amide bonds. The summed E-state index contributed by atoms with van der Waals surface area (Å²) in [5.41, 5.74) is 5.05. The van der Waals surface area contributed by atoms with Crippen LogP contribution in [0, 0.1) is 0 Å². The van der Waals surface area contributed by atoms with Crippen LogP contribution in [-0.4, -0.2) is 23.8 Å². The smallest absolute Gasteiger partial charge is 0.226 e. The Morgan fingerprint density at radius 1 is 1.22 bits per heavy atom. The molecule has 104 valence electrons. The molecule has 18 heavy (non-hydrogen) atoms. The van der Waals surface area contributed by atoms with Gasteiger partial charge in [-0.25, -0.2) is 0 Å². The lowest BCUT2D eigenvalue weighted by atomic mass is 9.96. The largest absolute Gasteiger partial charge is 0.370 e. The number of hydrogen-bond donors (Lipinski definition) is 1. The quantitative estimate of drug-likeness (QED) is 0.686. The van der Waals surface area contributed by atoms with Gasteiger partial charge in [0.1, 0.15) is 5.60 Å². The fourth-order valence-electron chi connectivity index (χ4n) is 2.09. The molecule has 0 aliphatic carbocycles. The molecule has 5 nitrogen and oxygen atoms in total. The minimum atomic E-state index is -0.404. The van der Waals surface area contributed by atoms with E-state index in [1.165, 1.54) is 0 Å². The Bertz CT molecular complexity index is 326. The topological polar surface area (TPSA) is 74.2 Å². The van der Waals surface area contributed by atoms with Crippen molar-refractivity contribution in [3.63, 3.8) is 0 Å². The van der Waals surface area contributed by atoms with Gasteiger partial charge < -0.3 is 15.0 Å². The van der Waals surface area contributed by atoms with E-state index in [0.717, 1.165) is 45.1 Å². The summed E-state index contributed by atoms with van der Waals surface area (Å²) < 4.78 is 10.9. The molecule has 0 saturated heterocycles. The molecular weight excluding hydrogens is 230 g/mol. The van der Waals surface area contributed by atoms with E-state index in [1.54, 1.807) is 7.11 Å². The Morgan fingerprint density at radius 3 is 2.50 bits per heavy atom. The lowest BCUT2D eigenvalue weighted by Gasteiger charge is -2.25. The van der Waals surface area contributed by atoms with Crippen LogP contribution in [-0.2, 0) is 16.8 Å². The highest BCUT2D eigenvalue weighted by atomic mass is 16.5. The normalized spacial score (nSPS) is 12.0. The van der Waals surface area contributed by atoms with E-state index in [2.05, 4.69) is 24.0 Å². The zero-order chi connectivity index (χ0) is 13.4. The predicted octanol–water partition coefficient (Wildman–Crippen LogP) is 2.40. The van der Waals surface area contributed by atoms with Gasteiger partial charge in [-0.05, 0) is 32.2 Å². The minimum absolute atomic E-state index is 0.404. The molecule has 5 heteroatoms. The number of nitrogens with zero attached hydrogens (tertiary/aromatic N) is 2. The highest BCUT2D eigenvalue weighted by molar-refractivity contribution is 5.00. The van der Waals surface area contributed by atoms with Crippen LogP contribution in [0.4, 0.5) is 0 Å². The lowest BCUT2D eigenvalue weighted by Crippen LogP contribution is -2.28. The molecule has 0 bridgehead atoms. The van der Waals surface area contributed by atoms with Crippen LogP contribution in [0.2, 0.25) is 0 Å². The standard InChI is InChI=1S/C13H25N3O2/c1-4-13(5-2,17-3)12-15-11(18-16-12)9-7-6-8-10-14/h4-10,14H2,1-3H3. The van der Waals surface area contributed by atoms with E-state index in [9.17, 15) is 0 Å². The summed E-state index contributed by atoms with van der Waals surface area (Å²) in [5, 5.41) is 4.06. The molecule has 0 aliphatic heterocycles. The first-order chi connectivity index (χ1) is 8.72. The maximum absolute atomic E-state index is 5.58. The van der Waals surface area contributed by atoms with Gasteiger partial charge in [0, 0.05) is 13.5 Å². The molecule has 0 atom stereocenters. The Hall–Kier alpha value is -0.940. The highest BCUT2D eigenvalue weighted by Crippen LogP contribution is 2.30. The highest BCUT2D eigenvalue weighted by Gasteiger charge is 2.33. The van der Waals surface area contributed by atoms with Gasteiger partial charge in [-0.3, -0.25) is 0 Å². The first-order valence-corrected chi connectivity index (χ1v) is 6.80. The van der Waals surface area contributed by atoms with Gasteiger partial charge in [-0.15, -0.1) is 0 Å². The van der Waals surface area contributed by atoms with Crippen LogP contribution in [0.5, 0.6) is 0 Å². The fraction of sp³-hybridized carbons (Fsp3) is 0.846. The second-order valence-electron chi connectivity index (χ2n) is 4.52. The van der Waals surface area contributed by atoms with E-state index < -0.39 is 5.60 Å². The SMILES string of the molecule is CCC(CC)(OC)c1noc(CCCCCN)n1. The molecule has 1 rings (SSSR count). The molecule has 0 saturated carbocycles. The second-order valence-corrected chi connectivity index (χ2v) is 4.52. The number of nitrogens with two attached hydrogens (primary N) is 1. The Labute approximate surface area is 109 Å². The number of ether oxygens (including phenoxy) is 1. The van der Waals surface area contributed by atoms with Gasteiger partial charge in [0.2, 0.25) is 11.7 Å². The Kier molecular flexibility index (Phi) is 6.29. The third-order valence-corrected chi connectivity index (χ3v) is 3.50. The lowest BCUT2D eigenvalue weighted by molar-refractivity contribution is -0.0306. The Morgan fingerprint density at radius 2 is 1.94 bits per heavy atom. The molecule has 0 radical (unpaired) electrons. The third-order valence-electron chi connectivity index (χ3n) is 3.50. The van der Waals surface area contributed by atoms with E-state index in [1.807, 2.05) is 0 Å². The summed E-state index contributed by atoms with van der Waals surface area (Å²) in [6, 6.07) is 0. The average Bonchev–Trinajstić information content (AvgIpc) is 2.87. The summed E-state index contributed by atoms with van der Waals surface area (Å²) in [7, 11) is 1.70. The average molecular weight is 255 g/mol. The van der Waals surface area contributed by atoms with E-state index >= 15 is 0 Å². The molecule has 1 aromatic heterocycles. The summed E-state index contributed by atoms with van der Waals surface area (Å²) in [6.07, 6.45) is 5.69. The number of methoxy groups -OCH3 is 1. The van der Waals surface area contributed by atoms with Crippen molar-refractivity contribution in [3.8, 4) is 0 Å². The van der Waals surface area contributed by atoms with E-state index in [0.29, 0.717) is 11.7 Å². The first-order valence-electron chi connectivity index (χ1n) is 6.80. The monoisotopic (exact) mass is 255 g/mol. The van der Waals surface area contributed by atoms with Gasteiger partial charge in [0.25, 0.3) is 0 Å². The molecule has 1 aromatic rings. The minimum Gasteiger partial charge on any atom is -0.370 e. The first kappa shape index (κ1) is 15.1. The van der Waals surface area contributed by atoms with Gasteiger partial charge in [0.05, 0.1) is 0 Å². The molecular formula is C13H25N3O2. The fourth-order valence-corrected chi connectivity index (χ4v) is 2.09. The summed E-state index contributed by atoms with van der Waals surface area (Å²) in [6.45, 7) is 4.89. The number of aryl methyl sites for hydroxylation is 1. The number of hydrogen-bond acceptors (Lipinski definition) is 5. The van der Waals surface area contributed by atoms with Gasteiger partial charge in [-0.2, -0.15) is 4.98 Å². The maximum Gasteiger partial charge on any atom is 0.226 e. The molecule has 0 fully saturated rings. The maximum atomic E-state index is 5.58. The second kappa shape index (κ2) is 7.48. The molecule has 0 spiro atoms. The van der Waals surface area contributed by atoms with Crippen molar-refractivity contribution in [1.82, 2.24) is 10.1 Å². The predicted molar refractivity (Wildman–Crippen MR) is 70.2 cm³/mol. The van der Waals surface area contributed by atoms with Crippen LogP contribution in [0.25, 0.3) is 0 Å². The Balaban J connectivity index is 2.61. The van der Waals surface area contributed by atoms with Crippen molar-refractivity contribution in [2.45, 2.75) is 58.0 Å². The molecule has 1 heterocycles. The van der Waals surface area contributed by atoms with Crippen molar-refractivity contribution in [2.75, 3.05) is 13.7 Å². The molecule has 0 unspecified atom stereocenters. The number of aromatic nitrogens is 2. The van der Waals surface area contributed by atoms with Gasteiger partial charge in [0.15, 0.2) is 0 Å². The zero-order valence-electron chi connectivity index (χ0n) is 11.7. The van der Waals surface area contributed by atoms with Crippen molar-refractivity contribution < 1.29 is 9.26 Å². The van der Waals surface area contributed by atoms with Gasteiger partial charge in [-0.1, -0.05) is 25.4 Å². The van der Waals surface area contributed by atoms with Crippen molar-refractivity contribution >= 4 is 0 Å².